The summed E-state index contributed by atoms with van der Waals surface area (Å²) < 4.78 is 22.6. The van der Waals surface area contributed by atoms with Gasteiger partial charge in [-0.3, -0.25) is 0 Å². The second-order valence-corrected chi connectivity index (χ2v) is 7.33. The van der Waals surface area contributed by atoms with E-state index in [2.05, 4.69) is 5.32 Å². The highest BCUT2D eigenvalue weighted by Crippen LogP contribution is 2.26. The number of sulfone groups is 1. The van der Waals surface area contributed by atoms with Gasteiger partial charge >= 0.3 is 6.03 Å². The zero-order valence-electron chi connectivity index (χ0n) is 10.3. The number of carbonyl (C=O) groups is 1. The van der Waals surface area contributed by atoms with E-state index in [1.165, 1.54) is 0 Å². The maximum atomic E-state index is 11.9. The standard InChI is InChI=1S/C11H20N2O4S/c14-5-4-13(10-1-2-10)11(15)12-7-9-3-6-18(16,17)8-9/h9-10,14H,1-8H2,(H,12,15). The molecule has 1 saturated heterocycles. The Morgan fingerprint density at radius 2 is 2.06 bits per heavy atom. The van der Waals surface area contributed by atoms with Crippen molar-refractivity contribution in [3.8, 4) is 0 Å². The highest BCUT2D eigenvalue weighted by molar-refractivity contribution is 7.91. The Balaban J connectivity index is 1.77. The summed E-state index contributed by atoms with van der Waals surface area (Å²) in [6.07, 6.45) is 2.61. The van der Waals surface area contributed by atoms with Crippen molar-refractivity contribution in [3.63, 3.8) is 0 Å². The Labute approximate surface area is 107 Å². The van der Waals surface area contributed by atoms with Crippen LogP contribution in [0.25, 0.3) is 0 Å². The molecule has 2 aliphatic rings. The van der Waals surface area contributed by atoms with Gasteiger partial charge in [-0.05, 0) is 25.2 Å². The molecule has 0 aromatic heterocycles. The number of hydrogen-bond donors (Lipinski definition) is 2. The van der Waals surface area contributed by atoms with Gasteiger partial charge in [0, 0.05) is 19.1 Å². The molecule has 1 heterocycles. The lowest BCUT2D eigenvalue weighted by molar-refractivity contribution is 0.172. The van der Waals surface area contributed by atoms with E-state index in [0.717, 1.165) is 12.8 Å². The van der Waals surface area contributed by atoms with E-state index in [1.807, 2.05) is 0 Å². The minimum atomic E-state index is -2.88. The SMILES string of the molecule is O=C(NCC1CCS(=O)(=O)C1)N(CCO)C1CC1. The van der Waals surface area contributed by atoms with E-state index in [0.29, 0.717) is 19.5 Å². The molecule has 1 atom stereocenters. The normalized spacial score (nSPS) is 25.9. The summed E-state index contributed by atoms with van der Waals surface area (Å²) in [6.45, 7) is 0.716. The summed E-state index contributed by atoms with van der Waals surface area (Å²) in [5, 5.41) is 11.7. The van der Waals surface area contributed by atoms with Gasteiger partial charge in [0.25, 0.3) is 0 Å². The molecule has 6 nitrogen and oxygen atoms in total. The van der Waals surface area contributed by atoms with Crippen LogP contribution in [-0.2, 0) is 9.84 Å². The number of rotatable bonds is 5. The Morgan fingerprint density at radius 3 is 2.56 bits per heavy atom. The van der Waals surface area contributed by atoms with Gasteiger partial charge in [-0.15, -0.1) is 0 Å². The van der Waals surface area contributed by atoms with Crippen LogP contribution in [0.1, 0.15) is 19.3 Å². The molecule has 0 spiro atoms. The lowest BCUT2D eigenvalue weighted by Gasteiger charge is -2.22. The number of hydrogen-bond acceptors (Lipinski definition) is 4. The van der Waals surface area contributed by atoms with Crippen molar-refractivity contribution in [1.82, 2.24) is 10.2 Å². The van der Waals surface area contributed by atoms with Crippen molar-refractivity contribution in [2.45, 2.75) is 25.3 Å². The summed E-state index contributed by atoms with van der Waals surface area (Å²) in [4.78, 5) is 13.5. The first kappa shape index (κ1) is 13.6. The van der Waals surface area contributed by atoms with Crippen molar-refractivity contribution in [3.05, 3.63) is 0 Å². The largest absolute Gasteiger partial charge is 0.395 e. The minimum Gasteiger partial charge on any atom is -0.395 e. The van der Waals surface area contributed by atoms with E-state index < -0.39 is 9.84 Å². The zero-order valence-corrected chi connectivity index (χ0v) is 11.2. The number of aliphatic hydroxyl groups excluding tert-OH is 1. The maximum absolute atomic E-state index is 11.9. The van der Waals surface area contributed by atoms with Gasteiger partial charge < -0.3 is 15.3 Å². The van der Waals surface area contributed by atoms with Crippen LogP contribution in [0.3, 0.4) is 0 Å². The smallest absolute Gasteiger partial charge is 0.317 e. The molecule has 0 aromatic rings. The topological polar surface area (TPSA) is 86.7 Å². The molecule has 2 fully saturated rings. The van der Waals surface area contributed by atoms with Crippen LogP contribution >= 0.6 is 0 Å². The molecule has 7 heteroatoms. The van der Waals surface area contributed by atoms with Crippen LogP contribution in [0.2, 0.25) is 0 Å². The summed E-state index contributed by atoms with van der Waals surface area (Å²) in [7, 11) is -2.88. The Hall–Kier alpha value is -0.820. The second kappa shape index (κ2) is 5.44. The van der Waals surface area contributed by atoms with Crippen molar-refractivity contribution in [2.75, 3.05) is 31.2 Å². The van der Waals surface area contributed by atoms with Gasteiger partial charge in [-0.1, -0.05) is 0 Å². The number of urea groups is 1. The van der Waals surface area contributed by atoms with E-state index in [-0.39, 0.29) is 36.1 Å². The minimum absolute atomic E-state index is 0.0362. The predicted octanol–water partition coefficient (Wildman–Crippen LogP) is -0.413. The molecule has 2 N–H and O–H groups in total. The monoisotopic (exact) mass is 276 g/mol. The second-order valence-electron chi connectivity index (χ2n) is 5.10. The van der Waals surface area contributed by atoms with E-state index in [1.54, 1.807) is 4.90 Å². The highest BCUT2D eigenvalue weighted by atomic mass is 32.2. The van der Waals surface area contributed by atoms with Crippen LogP contribution in [0.15, 0.2) is 0 Å². The van der Waals surface area contributed by atoms with E-state index >= 15 is 0 Å². The van der Waals surface area contributed by atoms with Crippen LogP contribution in [-0.4, -0.2) is 61.7 Å². The fourth-order valence-electron chi connectivity index (χ4n) is 2.31. The van der Waals surface area contributed by atoms with Crippen LogP contribution in [0, 0.1) is 5.92 Å². The summed E-state index contributed by atoms with van der Waals surface area (Å²) in [5.74, 6) is 0.446. The van der Waals surface area contributed by atoms with Crippen molar-refractivity contribution < 1.29 is 18.3 Å². The van der Waals surface area contributed by atoms with Crippen molar-refractivity contribution >= 4 is 15.9 Å². The van der Waals surface area contributed by atoms with E-state index in [4.69, 9.17) is 5.11 Å². The third kappa shape index (κ3) is 3.58. The lowest BCUT2D eigenvalue weighted by Crippen LogP contribution is -2.44. The third-order valence-corrected chi connectivity index (χ3v) is 5.30. The van der Waals surface area contributed by atoms with E-state index in [9.17, 15) is 13.2 Å². The molecule has 104 valence electrons. The molecule has 0 aromatic carbocycles. The fourth-order valence-corrected chi connectivity index (χ4v) is 4.17. The molecule has 0 radical (unpaired) electrons. The number of nitrogens with zero attached hydrogens (tertiary/aromatic N) is 1. The lowest BCUT2D eigenvalue weighted by atomic mass is 10.1. The van der Waals surface area contributed by atoms with Gasteiger partial charge in [0.15, 0.2) is 9.84 Å². The molecular formula is C11H20N2O4S. The molecule has 2 amide bonds. The molecular weight excluding hydrogens is 256 g/mol. The molecule has 1 aliphatic heterocycles. The third-order valence-electron chi connectivity index (χ3n) is 3.46. The van der Waals surface area contributed by atoms with Crippen LogP contribution in [0.4, 0.5) is 4.79 Å². The molecule has 2 rings (SSSR count). The molecule has 1 unspecified atom stereocenters. The summed E-state index contributed by atoms with van der Waals surface area (Å²) in [5.41, 5.74) is 0. The van der Waals surface area contributed by atoms with Gasteiger partial charge in [0.2, 0.25) is 0 Å². The summed E-state index contributed by atoms with van der Waals surface area (Å²) >= 11 is 0. The maximum Gasteiger partial charge on any atom is 0.317 e. The number of carbonyl (C=O) groups excluding carboxylic acids is 1. The van der Waals surface area contributed by atoms with Gasteiger partial charge in [0.05, 0.1) is 18.1 Å². The van der Waals surface area contributed by atoms with Crippen LogP contribution in [0.5, 0.6) is 0 Å². The average molecular weight is 276 g/mol. The Morgan fingerprint density at radius 1 is 1.33 bits per heavy atom. The fraction of sp³-hybridized carbons (Fsp3) is 0.909. The highest BCUT2D eigenvalue weighted by Gasteiger charge is 2.33. The number of nitrogens with one attached hydrogen (secondary N) is 1. The molecule has 1 saturated carbocycles. The number of aliphatic hydroxyl groups is 1. The number of amides is 2. The molecule has 18 heavy (non-hydrogen) atoms. The zero-order chi connectivity index (χ0) is 13.2. The van der Waals surface area contributed by atoms with Gasteiger partial charge in [-0.2, -0.15) is 0 Å². The predicted molar refractivity (Wildman–Crippen MR) is 67.0 cm³/mol. The average Bonchev–Trinajstić information content (AvgIpc) is 3.08. The van der Waals surface area contributed by atoms with Crippen molar-refractivity contribution in [1.29, 1.82) is 0 Å². The Bertz CT molecular complexity index is 405. The summed E-state index contributed by atoms with van der Waals surface area (Å²) in [6, 6.07) is 0.0697. The first-order valence-electron chi connectivity index (χ1n) is 6.37. The first-order chi connectivity index (χ1) is 8.52. The Kier molecular flexibility index (Phi) is 4.11. The quantitative estimate of drug-likeness (QED) is 0.714. The first-order valence-corrected chi connectivity index (χ1v) is 8.20. The molecule has 1 aliphatic carbocycles. The molecule has 0 bridgehead atoms. The van der Waals surface area contributed by atoms with Gasteiger partial charge in [-0.25, -0.2) is 13.2 Å². The van der Waals surface area contributed by atoms with Gasteiger partial charge in [0.1, 0.15) is 0 Å². The van der Waals surface area contributed by atoms with Crippen LogP contribution < -0.4 is 5.32 Å². The van der Waals surface area contributed by atoms with Crippen molar-refractivity contribution in [2.24, 2.45) is 5.92 Å².